The van der Waals surface area contributed by atoms with Crippen molar-refractivity contribution >= 4 is 5.71 Å². The molecule has 0 bridgehead atoms. The fourth-order valence-electron chi connectivity index (χ4n) is 1.22. The molecule has 0 atom stereocenters. The molecule has 0 aliphatic rings. The third kappa shape index (κ3) is 2.88. The number of rotatable bonds is 4. The number of nitrogens with zero attached hydrogens (tertiary/aromatic N) is 2. The van der Waals surface area contributed by atoms with E-state index in [0.717, 1.165) is 29.0 Å². The zero-order chi connectivity index (χ0) is 11.3. The molecule has 0 saturated carbocycles. The van der Waals surface area contributed by atoms with E-state index >= 15 is 0 Å². The summed E-state index contributed by atoms with van der Waals surface area (Å²) >= 11 is 0. The lowest BCUT2D eigenvalue weighted by Crippen LogP contribution is -2.06. The Kier molecular flexibility index (Phi) is 3.98. The van der Waals surface area contributed by atoms with Crippen molar-refractivity contribution in [1.82, 2.24) is 4.98 Å². The summed E-state index contributed by atoms with van der Waals surface area (Å²) in [5.74, 6) is 0. The number of allylic oxidation sites excluding steroid dienone is 2. The van der Waals surface area contributed by atoms with Crippen LogP contribution < -0.4 is 0 Å². The predicted molar refractivity (Wildman–Crippen MR) is 65.3 cm³/mol. The molecule has 0 aromatic carbocycles. The van der Waals surface area contributed by atoms with E-state index in [-0.39, 0.29) is 0 Å². The SMILES string of the molecule is C=C(C)C(=C)C(=NCC)c1cccnc1. The first-order valence-electron chi connectivity index (χ1n) is 4.96. The first kappa shape index (κ1) is 11.4. The van der Waals surface area contributed by atoms with Crippen LogP contribution in [0.15, 0.2) is 53.8 Å². The van der Waals surface area contributed by atoms with E-state index in [2.05, 4.69) is 23.1 Å². The Morgan fingerprint density at radius 1 is 1.47 bits per heavy atom. The Balaban J connectivity index is 3.11. The average molecular weight is 200 g/mol. The molecular formula is C13H16N2. The molecular weight excluding hydrogens is 184 g/mol. The number of aromatic nitrogens is 1. The molecule has 1 aromatic rings. The van der Waals surface area contributed by atoms with Crippen molar-refractivity contribution in [2.75, 3.05) is 6.54 Å². The fraction of sp³-hybridized carbons (Fsp3) is 0.231. The highest BCUT2D eigenvalue weighted by molar-refractivity contribution is 6.14. The van der Waals surface area contributed by atoms with Gasteiger partial charge in [0.05, 0.1) is 5.71 Å². The highest BCUT2D eigenvalue weighted by Crippen LogP contribution is 2.13. The second kappa shape index (κ2) is 5.25. The van der Waals surface area contributed by atoms with Crippen LogP contribution in [0.3, 0.4) is 0 Å². The molecule has 0 fully saturated rings. The molecule has 0 unspecified atom stereocenters. The van der Waals surface area contributed by atoms with Gasteiger partial charge in [-0.1, -0.05) is 13.2 Å². The minimum Gasteiger partial charge on any atom is -0.284 e. The van der Waals surface area contributed by atoms with Crippen molar-refractivity contribution in [1.29, 1.82) is 0 Å². The molecule has 0 radical (unpaired) electrons. The number of hydrogen-bond donors (Lipinski definition) is 0. The second-order valence-corrected chi connectivity index (χ2v) is 3.32. The third-order valence-electron chi connectivity index (χ3n) is 2.05. The summed E-state index contributed by atoms with van der Waals surface area (Å²) in [6.45, 7) is 12.5. The normalized spacial score (nSPS) is 11.2. The number of pyridine rings is 1. The molecule has 2 heteroatoms. The third-order valence-corrected chi connectivity index (χ3v) is 2.05. The van der Waals surface area contributed by atoms with E-state index in [9.17, 15) is 0 Å². The Labute approximate surface area is 91.1 Å². The van der Waals surface area contributed by atoms with Crippen LogP contribution in [0.25, 0.3) is 0 Å². The van der Waals surface area contributed by atoms with E-state index in [4.69, 9.17) is 0 Å². The fourth-order valence-corrected chi connectivity index (χ4v) is 1.22. The molecule has 78 valence electrons. The number of hydrogen-bond acceptors (Lipinski definition) is 2. The van der Waals surface area contributed by atoms with Crippen LogP contribution in [0.5, 0.6) is 0 Å². The van der Waals surface area contributed by atoms with Gasteiger partial charge in [0.15, 0.2) is 0 Å². The summed E-state index contributed by atoms with van der Waals surface area (Å²) in [4.78, 5) is 8.51. The summed E-state index contributed by atoms with van der Waals surface area (Å²) in [6, 6.07) is 3.88. The molecule has 2 nitrogen and oxygen atoms in total. The smallest absolute Gasteiger partial charge is 0.0730 e. The zero-order valence-electron chi connectivity index (χ0n) is 9.33. The Bertz CT molecular complexity index is 388. The minimum atomic E-state index is 0.733. The highest BCUT2D eigenvalue weighted by atomic mass is 14.7. The van der Waals surface area contributed by atoms with Crippen LogP contribution in [0.1, 0.15) is 19.4 Å². The first-order valence-corrected chi connectivity index (χ1v) is 4.96. The maximum Gasteiger partial charge on any atom is 0.0730 e. The van der Waals surface area contributed by atoms with Gasteiger partial charge in [0.2, 0.25) is 0 Å². The summed E-state index contributed by atoms with van der Waals surface area (Å²) in [6.07, 6.45) is 3.54. The second-order valence-electron chi connectivity index (χ2n) is 3.32. The van der Waals surface area contributed by atoms with Crippen molar-refractivity contribution in [2.24, 2.45) is 4.99 Å². The van der Waals surface area contributed by atoms with Crippen molar-refractivity contribution < 1.29 is 0 Å². The van der Waals surface area contributed by atoms with E-state index in [1.165, 1.54) is 0 Å². The van der Waals surface area contributed by atoms with Crippen LogP contribution in [-0.4, -0.2) is 17.2 Å². The van der Waals surface area contributed by atoms with Crippen LogP contribution >= 0.6 is 0 Å². The highest BCUT2D eigenvalue weighted by Gasteiger charge is 2.07. The van der Waals surface area contributed by atoms with Crippen LogP contribution in [0.2, 0.25) is 0 Å². The van der Waals surface area contributed by atoms with Crippen molar-refractivity contribution in [3.63, 3.8) is 0 Å². The molecule has 1 heterocycles. The maximum absolute atomic E-state index is 4.43. The van der Waals surface area contributed by atoms with Gasteiger partial charge in [0.25, 0.3) is 0 Å². The largest absolute Gasteiger partial charge is 0.284 e. The van der Waals surface area contributed by atoms with Crippen molar-refractivity contribution in [3.8, 4) is 0 Å². The van der Waals surface area contributed by atoms with Crippen molar-refractivity contribution in [3.05, 3.63) is 54.4 Å². The lowest BCUT2D eigenvalue weighted by atomic mass is 10.0. The average Bonchev–Trinajstić information content (AvgIpc) is 2.26. The summed E-state index contributed by atoms with van der Waals surface area (Å²) in [5.41, 5.74) is 3.70. The Morgan fingerprint density at radius 2 is 2.20 bits per heavy atom. The van der Waals surface area contributed by atoms with Gasteiger partial charge < -0.3 is 0 Å². The standard InChI is InChI=1S/C13H16N2/c1-5-15-13(11(4)10(2)3)12-7-6-8-14-9-12/h6-9H,2,4-5H2,1,3H3. The van der Waals surface area contributed by atoms with Gasteiger partial charge in [0.1, 0.15) is 0 Å². The zero-order valence-corrected chi connectivity index (χ0v) is 9.33. The van der Waals surface area contributed by atoms with Gasteiger partial charge in [-0.25, -0.2) is 0 Å². The molecule has 0 amide bonds. The Morgan fingerprint density at radius 3 is 2.67 bits per heavy atom. The van der Waals surface area contributed by atoms with Crippen LogP contribution in [-0.2, 0) is 0 Å². The summed E-state index contributed by atoms with van der Waals surface area (Å²) in [7, 11) is 0. The predicted octanol–water partition coefficient (Wildman–Crippen LogP) is 3.02. The van der Waals surface area contributed by atoms with E-state index in [0.29, 0.717) is 0 Å². The quantitative estimate of drug-likeness (QED) is 0.541. The van der Waals surface area contributed by atoms with Gasteiger partial charge in [-0.15, -0.1) is 0 Å². The van der Waals surface area contributed by atoms with E-state index in [1.807, 2.05) is 26.0 Å². The van der Waals surface area contributed by atoms with Crippen molar-refractivity contribution in [2.45, 2.75) is 13.8 Å². The monoisotopic (exact) mass is 200 g/mol. The molecule has 15 heavy (non-hydrogen) atoms. The van der Waals surface area contributed by atoms with Gasteiger partial charge in [-0.2, -0.15) is 0 Å². The van der Waals surface area contributed by atoms with E-state index < -0.39 is 0 Å². The lowest BCUT2D eigenvalue weighted by Gasteiger charge is -2.09. The molecule has 0 spiro atoms. The summed E-state index contributed by atoms with van der Waals surface area (Å²) in [5, 5.41) is 0. The molecule has 0 saturated heterocycles. The number of aliphatic imine (C=N–C) groups is 1. The van der Waals surface area contributed by atoms with Gasteiger partial charge in [0, 0.05) is 24.5 Å². The topological polar surface area (TPSA) is 25.2 Å². The van der Waals surface area contributed by atoms with Crippen LogP contribution in [0.4, 0.5) is 0 Å². The molecule has 0 aliphatic heterocycles. The minimum absolute atomic E-state index is 0.733. The van der Waals surface area contributed by atoms with Crippen LogP contribution in [0, 0.1) is 0 Å². The summed E-state index contributed by atoms with van der Waals surface area (Å²) < 4.78 is 0. The van der Waals surface area contributed by atoms with Gasteiger partial charge in [-0.05, 0) is 37.1 Å². The first-order chi connectivity index (χ1) is 7.16. The maximum atomic E-state index is 4.43. The molecule has 1 rings (SSSR count). The molecule has 0 N–H and O–H groups in total. The van der Waals surface area contributed by atoms with Gasteiger partial charge >= 0.3 is 0 Å². The molecule has 0 aliphatic carbocycles. The van der Waals surface area contributed by atoms with Gasteiger partial charge in [-0.3, -0.25) is 9.98 Å². The molecule has 1 aromatic heterocycles. The van der Waals surface area contributed by atoms with E-state index in [1.54, 1.807) is 12.4 Å². The lowest BCUT2D eigenvalue weighted by molar-refractivity contribution is 1.12. The Hall–Kier alpha value is -1.70.